The van der Waals surface area contributed by atoms with Crippen LogP contribution in [0.3, 0.4) is 0 Å². The average Bonchev–Trinajstić information content (AvgIpc) is 2.61. The maximum absolute atomic E-state index is 11.8. The lowest BCUT2D eigenvalue weighted by atomic mass is 9.95. The molecule has 1 aromatic carbocycles. The van der Waals surface area contributed by atoms with Crippen molar-refractivity contribution < 1.29 is 14.3 Å². The van der Waals surface area contributed by atoms with E-state index in [0.29, 0.717) is 12.2 Å². The van der Waals surface area contributed by atoms with Crippen LogP contribution in [0.25, 0.3) is 10.9 Å². The Morgan fingerprint density at radius 3 is 2.83 bits per heavy atom. The first kappa shape index (κ1) is 15.5. The van der Waals surface area contributed by atoms with Gasteiger partial charge in [0.15, 0.2) is 6.29 Å². The van der Waals surface area contributed by atoms with Gasteiger partial charge >= 0.3 is 5.97 Å². The number of ether oxygens (including phenoxy) is 1. The molecule has 1 saturated heterocycles. The highest BCUT2D eigenvalue weighted by atomic mass is 16.5. The molecule has 0 spiro atoms. The normalized spacial score (nSPS) is 15.6. The topological polar surface area (TPSA) is 59.5 Å². The first-order valence-electron chi connectivity index (χ1n) is 7.99. The third-order valence-electron chi connectivity index (χ3n) is 4.36. The van der Waals surface area contributed by atoms with Crippen molar-refractivity contribution in [2.24, 2.45) is 5.92 Å². The quantitative estimate of drug-likeness (QED) is 0.642. The van der Waals surface area contributed by atoms with Gasteiger partial charge in [-0.2, -0.15) is 0 Å². The van der Waals surface area contributed by atoms with Crippen molar-refractivity contribution >= 4 is 28.8 Å². The molecule has 1 fully saturated rings. The van der Waals surface area contributed by atoms with Gasteiger partial charge in [-0.15, -0.1) is 0 Å². The third kappa shape index (κ3) is 3.04. The van der Waals surface area contributed by atoms with Crippen molar-refractivity contribution in [1.29, 1.82) is 0 Å². The highest BCUT2D eigenvalue weighted by Gasteiger charge is 2.27. The van der Waals surface area contributed by atoms with Gasteiger partial charge in [-0.05, 0) is 31.9 Å². The predicted molar refractivity (Wildman–Crippen MR) is 88.7 cm³/mol. The number of anilines is 1. The van der Waals surface area contributed by atoms with Crippen LogP contribution in [0, 0.1) is 5.92 Å². The molecular formula is C18H20N2O3. The van der Waals surface area contributed by atoms with Crippen molar-refractivity contribution in [3.63, 3.8) is 0 Å². The van der Waals surface area contributed by atoms with Gasteiger partial charge in [-0.1, -0.05) is 12.1 Å². The standard InChI is InChI=1S/C18H20N2O3/c1-2-23-18(22)14-7-10-20(11-8-14)16-6-5-13-4-3-9-19-17(13)15(16)12-21/h3-6,9,12,14H,2,7-8,10-11H2,1H3. The number of piperidine rings is 1. The Morgan fingerprint density at radius 1 is 1.35 bits per heavy atom. The number of esters is 1. The molecular weight excluding hydrogens is 292 g/mol. The molecule has 0 unspecified atom stereocenters. The highest BCUT2D eigenvalue weighted by Crippen LogP contribution is 2.30. The molecule has 5 heteroatoms. The van der Waals surface area contributed by atoms with Gasteiger partial charge in [-0.25, -0.2) is 0 Å². The largest absolute Gasteiger partial charge is 0.466 e. The van der Waals surface area contributed by atoms with Gasteiger partial charge in [0.25, 0.3) is 0 Å². The number of carbonyl (C=O) groups is 2. The number of benzene rings is 1. The molecule has 0 saturated carbocycles. The Balaban J connectivity index is 1.82. The summed E-state index contributed by atoms with van der Waals surface area (Å²) in [4.78, 5) is 29.9. The second-order valence-electron chi connectivity index (χ2n) is 5.70. The Hall–Kier alpha value is -2.43. The molecule has 120 valence electrons. The van der Waals surface area contributed by atoms with Crippen LogP contribution in [0.15, 0.2) is 30.5 Å². The number of aldehydes is 1. The monoisotopic (exact) mass is 312 g/mol. The van der Waals surface area contributed by atoms with E-state index in [2.05, 4.69) is 9.88 Å². The summed E-state index contributed by atoms with van der Waals surface area (Å²) < 4.78 is 5.10. The van der Waals surface area contributed by atoms with Crippen LogP contribution >= 0.6 is 0 Å². The van der Waals surface area contributed by atoms with Crippen LogP contribution in [0.4, 0.5) is 5.69 Å². The molecule has 1 aliphatic heterocycles. The van der Waals surface area contributed by atoms with Crippen LogP contribution in [0.1, 0.15) is 30.1 Å². The minimum absolute atomic E-state index is 0.0375. The fourth-order valence-electron chi connectivity index (χ4n) is 3.17. The first-order valence-corrected chi connectivity index (χ1v) is 7.99. The molecule has 3 rings (SSSR count). The SMILES string of the molecule is CCOC(=O)C1CCN(c2ccc3cccnc3c2C=O)CC1. The van der Waals surface area contributed by atoms with Crippen LogP contribution in [0.2, 0.25) is 0 Å². The number of fused-ring (bicyclic) bond motifs is 1. The van der Waals surface area contributed by atoms with E-state index in [1.165, 1.54) is 0 Å². The molecule has 0 radical (unpaired) electrons. The summed E-state index contributed by atoms with van der Waals surface area (Å²) in [6.07, 6.45) is 4.07. The second kappa shape index (κ2) is 6.77. The molecule has 0 bridgehead atoms. The van der Waals surface area contributed by atoms with E-state index in [9.17, 15) is 9.59 Å². The van der Waals surface area contributed by atoms with Gasteiger partial charge < -0.3 is 9.64 Å². The Bertz CT molecular complexity index is 721. The van der Waals surface area contributed by atoms with Crippen LogP contribution in [-0.2, 0) is 9.53 Å². The molecule has 0 atom stereocenters. The van der Waals surface area contributed by atoms with Crippen molar-refractivity contribution in [2.75, 3.05) is 24.6 Å². The zero-order valence-corrected chi connectivity index (χ0v) is 13.2. The Labute approximate surface area is 135 Å². The van der Waals surface area contributed by atoms with E-state index >= 15 is 0 Å². The van der Waals surface area contributed by atoms with E-state index in [4.69, 9.17) is 4.74 Å². The van der Waals surface area contributed by atoms with Gasteiger partial charge in [0.05, 0.1) is 23.6 Å². The summed E-state index contributed by atoms with van der Waals surface area (Å²) in [5.74, 6) is -0.146. The summed E-state index contributed by atoms with van der Waals surface area (Å²) in [7, 11) is 0. The fraction of sp³-hybridized carbons (Fsp3) is 0.389. The smallest absolute Gasteiger partial charge is 0.309 e. The van der Waals surface area contributed by atoms with E-state index < -0.39 is 0 Å². The number of nitrogens with zero attached hydrogens (tertiary/aromatic N) is 2. The zero-order chi connectivity index (χ0) is 16.2. The van der Waals surface area contributed by atoms with Crippen molar-refractivity contribution in [2.45, 2.75) is 19.8 Å². The summed E-state index contributed by atoms with van der Waals surface area (Å²) in [5.41, 5.74) is 2.25. The molecule has 2 aromatic rings. The Morgan fingerprint density at radius 2 is 2.13 bits per heavy atom. The minimum atomic E-state index is -0.108. The minimum Gasteiger partial charge on any atom is -0.466 e. The molecule has 5 nitrogen and oxygen atoms in total. The van der Waals surface area contributed by atoms with Crippen LogP contribution in [0.5, 0.6) is 0 Å². The van der Waals surface area contributed by atoms with E-state index in [0.717, 1.165) is 48.8 Å². The number of hydrogen-bond acceptors (Lipinski definition) is 5. The highest BCUT2D eigenvalue weighted by molar-refractivity contribution is 6.01. The van der Waals surface area contributed by atoms with E-state index in [1.807, 2.05) is 31.2 Å². The number of rotatable bonds is 4. The maximum Gasteiger partial charge on any atom is 0.309 e. The number of aromatic nitrogens is 1. The van der Waals surface area contributed by atoms with Crippen LogP contribution < -0.4 is 4.90 Å². The number of carbonyl (C=O) groups excluding carboxylic acids is 2. The number of hydrogen-bond donors (Lipinski definition) is 0. The molecule has 0 amide bonds. The third-order valence-corrected chi connectivity index (χ3v) is 4.36. The van der Waals surface area contributed by atoms with E-state index in [1.54, 1.807) is 6.20 Å². The van der Waals surface area contributed by atoms with Crippen molar-refractivity contribution in [1.82, 2.24) is 4.98 Å². The van der Waals surface area contributed by atoms with Crippen molar-refractivity contribution in [3.05, 3.63) is 36.0 Å². The zero-order valence-electron chi connectivity index (χ0n) is 13.2. The first-order chi connectivity index (χ1) is 11.2. The predicted octanol–water partition coefficient (Wildman–Crippen LogP) is 2.83. The molecule has 2 heterocycles. The molecule has 0 aliphatic carbocycles. The maximum atomic E-state index is 11.8. The molecule has 1 aliphatic rings. The molecule has 1 aromatic heterocycles. The van der Waals surface area contributed by atoms with Gasteiger partial charge in [-0.3, -0.25) is 14.6 Å². The second-order valence-corrected chi connectivity index (χ2v) is 5.70. The number of pyridine rings is 1. The van der Waals surface area contributed by atoms with Gasteiger partial charge in [0.2, 0.25) is 0 Å². The summed E-state index contributed by atoms with van der Waals surface area (Å²) >= 11 is 0. The summed E-state index contributed by atoms with van der Waals surface area (Å²) in [5, 5.41) is 0.958. The lowest BCUT2D eigenvalue weighted by molar-refractivity contribution is -0.148. The lowest BCUT2D eigenvalue weighted by Gasteiger charge is -2.33. The summed E-state index contributed by atoms with van der Waals surface area (Å²) in [6, 6.07) is 7.77. The average molecular weight is 312 g/mol. The van der Waals surface area contributed by atoms with Gasteiger partial charge in [0, 0.05) is 30.4 Å². The molecule has 0 N–H and O–H groups in total. The van der Waals surface area contributed by atoms with Crippen molar-refractivity contribution in [3.8, 4) is 0 Å². The Kier molecular flexibility index (Phi) is 4.55. The summed E-state index contributed by atoms with van der Waals surface area (Å²) in [6.45, 7) is 3.72. The van der Waals surface area contributed by atoms with E-state index in [-0.39, 0.29) is 11.9 Å². The fourth-order valence-corrected chi connectivity index (χ4v) is 3.17. The van der Waals surface area contributed by atoms with Gasteiger partial charge in [0.1, 0.15) is 0 Å². The van der Waals surface area contributed by atoms with Crippen LogP contribution in [-0.4, -0.2) is 36.9 Å². The molecule has 23 heavy (non-hydrogen) atoms. The lowest BCUT2D eigenvalue weighted by Crippen LogP contribution is -2.37.